The van der Waals surface area contributed by atoms with Crippen LogP contribution in [0.5, 0.6) is 5.75 Å². The number of phenolic OH excluding ortho intramolecular Hbond substituents is 1. The molecule has 0 radical (unpaired) electrons. The van der Waals surface area contributed by atoms with Crippen LogP contribution in [0, 0.1) is 5.82 Å². The van der Waals surface area contributed by atoms with Gasteiger partial charge in [0.15, 0.2) is 0 Å². The number of halogens is 2. The van der Waals surface area contributed by atoms with Crippen molar-refractivity contribution in [1.82, 2.24) is 5.32 Å². The quantitative estimate of drug-likeness (QED) is 0.798. The summed E-state index contributed by atoms with van der Waals surface area (Å²) in [7, 11) is 0. The van der Waals surface area contributed by atoms with Gasteiger partial charge in [-0.2, -0.15) is 0 Å². The number of carbonyl (C=O) groups excluding carboxylic acids is 1. The maximum atomic E-state index is 12.7. The Kier molecular flexibility index (Phi) is 2.76. The minimum Gasteiger partial charge on any atom is -0.507 e. The van der Waals surface area contributed by atoms with Gasteiger partial charge in [0, 0.05) is 11.9 Å². The van der Waals surface area contributed by atoms with E-state index < -0.39 is 11.7 Å². The number of hydrogen-bond acceptors (Lipinski definition) is 2. The van der Waals surface area contributed by atoms with Crippen LogP contribution in [-0.4, -0.2) is 22.4 Å². The van der Waals surface area contributed by atoms with Crippen LogP contribution in [0.1, 0.15) is 23.2 Å². The van der Waals surface area contributed by atoms with Crippen molar-refractivity contribution in [1.29, 1.82) is 0 Å². The molecule has 3 nitrogen and oxygen atoms in total. The van der Waals surface area contributed by atoms with Crippen LogP contribution in [0.3, 0.4) is 0 Å². The molecule has 5 heteroatoms. The molecule has 1 aliphatic carbocycles. The first-order valence-corrected chi connectivity index (χ1v) is 5.47. The van der Waals surface area contributed by atoms with Crippen molar-refractivity contribution < 1.29 is 14.3 Å². The Balaban J connectivity index is 2.15. The van der Waals surface area contributed by atoms with Gasteiger partial charge in [-0.25, -0.2) is 4.39 Å². The minimum atomic E-state index is -0.576. The van der Waals surface area contributed by atoms with Gasteiger partial charge in [0.25, 0.3) is 5.91 Å². The van der Waals surface area contributed by atoms with Gasteiger partial charge in [0.2, 0.25) is 0 Å². The molecule has 1 amide bonds. The summed E-state index contributed by atoms with van der Waals surface area (Å²) in [6.45, 7) is 0. The lowest BCUT2D eigenvalue weighted by molar-refractivity contribution is 0.0933. The maximum Gasteiger partial charge on any atom is 0.255 e. The molecule has 2 rings (SSSR count). The molecule has 0 atom stereocenters. The minimum absolute atomic E-state index is 0.0674. The van der Waals surface area contributed by atoms with Crippen LogP contribution in [0.2, 0.25) is 0 Å². The van der Waals surface area contributed by atoms with Gasteiger partial charge < -0.3 is 10.4 Å². The highest BCUT2D eigenvalue weighted by atomic mass is 35.5. The Labute approximate surface area is 97.2 Å². The third-order valence-corrected chi connectivity index (χ3v) is 3.20. The summed E-state index contributed by atoms with van der Waals surface area (Å²) in [5, 5.41) is 12.2. The fourth-order valence-corrected chi connectivity index (χ4v) is 1.78. The lowest BCUT2D eigenvalue weighted by Gasteiger charge is -2.14. The molecule has 0 bridgehead atoms. The van der Waals surface area contributed by atoms with Gasteiger partial charge in [0.1, 0.15) is 11.6 Å². The van der Waals surface area contributed by atoms with Crippen LogP contribution in [-0.2, 0) is 0 Å². The van der Waals surface area contributed by atoms with Crippen LogP contribution < -0.4 is 5.32 Å². The lowest BCUT2D eigenvalue weighted by atomic mass is 10.1. The summed E-state index contributed by atoms with van der Waals surface area (Å²) < 4.78 is 12.7. The zero-order valence-electron chi connectivity index (χ0n) is 8.46. The summed E-state index contributed by atoms with van der Waals surface area (Å²) in [6, 6.07) is 3.30. The zero-order chi connectivity index (χ0) is 11.8. The van der Waals surface area contributed by atoms with Gasteiger partial charge in [-0.1, -0.05) is 0 Å². The number of alkyl halides is 1. The smallest absolute Gasteiger partial charge is 0.255 e. The van der Waals surface area contributed by atoms with Gasteiger partial charge in [-0.3, -0.25) is 4.79 Å². The second-order valence-corrected chi connectivity index (χ2v) is 4.30. The first-order chi connectivity index (χ1) is 7.56. The molecule has 1 aromatic rings. The molecule has 0 spiro atoms. The Morgan fingerprint density at radius 3 is 2.75 bits per heavy atom. The molecule has 0 heterocycles. The van der Waals surface area contributed by atoms with Crippen LogP contribution in [0.4, 0.5) is 4.39 Å². The van der Waals surface area contributed by atoms with E-state index in [4.69, 9.17) is 11.6 Å². The van der Waals surface area contributed by atoms with Crippen molar-refractivity contribution in [2.45, 2.75) is 18.4 Å². The first kappa shape index (κ1) is 11.2. The van der Waals surface area contributed by atoms with Gasteiger partial charge in [0.05, 0.1) is 11.1 Å². The number of carbonyl (C=O) groups is 1. The summed E-state index contributed by atoms with van der Waals surface area (Å²) in [6.07, 6.45) is 1.67. The predicted octanol–water partition coefficient (Wildman–Crippen LogP) is 2.03. The predicted molar refractivity (Wildman–Crippen MR) is 58.2 cm³/mol. The van der Waals surface area contributed by atoms with E-state index >= 15 is 0 Å². The Hall–Kier alpha value is -1.29. The standard InChI is InChI=1S/C11H11ClFNO2/c12-6-11(3-4-11)14-10(16)8-2-1-7(13)5-9(8)15/h1-2,5,15H,3-4,6H2,(H,14,16). The molecule has 2 N–H and O–H groups in total. The van der Waals surface area contributed by atoms with E-state index in [1.165, 1.54) is 6.07 Å². The summed E-state index contributed by atoms with van der Waals surface area (Å²) in [4.78, 5) is 11.7. The number of aromatic hydroxyl groups is 1. The highest BCUT2D eigenvalue weighted by Crippen LogP contribution is 2.37. The summed E-state index contributed by atoms with van der Waals surface area (Å²) in [5.41, 5.74) is -0.266. The molecule has 1 aliphatic rings. The van der Waals surface area contributed by atoms with Crippen molar-refractivity contribution in [3.05, 3.63) is 29.6 Å². The van der Waals surface area contributed by atoms with Crippen molar-refractivity contribution in [3.63, 3.8) is 0 Å². The highest BCUT2D eigenvalue weighted by Gasteiger charge is 2.43. The van der Waals surface area contributed by atoms with Crippen molar-refractivity contribution in [3.8, 4) is 5.75 Å². The van der Waals surface area contributed by atoms with Crippen LogP contribution >= 0.6 is 11.6 Å². The second kappa shape index (κ2) is 3.94. The average Bonchev–Trinajstić information content (AvgIpc) is 2.98. The van der Waals surface area contributed by atoms with Gasteiger partial charge in [-0.15, -0.1) is 11.6 Å². The topological polar surface area (TPSA) is 49.3 Å². The van der Waals surface area contributed by atoms with Crippen molar-refractivity contribution in [2.24, 2.45) is 0 Å². The van der Waals surface area contributed by atoms with Crippen LogP contribution in [0.15, 0.2) is 18.2 Å². The summed E-state index contributed by atoms with van der Waals surface area (Å²) in [5.74, 6) is -1.01. The zero-order valence-corrected chi connectivity index (χ0v) is 9.22. The number of phenols is 1. The van der Waals surface area contributed by atoms with E-state index in [0.717, 1.165) is 25.0 Å². The van der Waals surface area contributed by atoms with Crippen molar-refractivity contribution >= 4 is 17.5 Å². The second-order valence-electron chi connectivity index (χ2n) is 4.03. The molecule has 0 aliphatic heterocycles. The summed E-state index contributed by atoms with van der Waals surface area (Å²) >= 11 is 5.72. The molecule has 0 saturated heterocycles. The van der Waals surface area contributed by atoms with E-state index in [1.807, 2.05) is 0 Å². The van der Waals surface area contributed by atoms with E-state index in [9.17, 15) is 14.3 Å². The third-order valence-electron chi connectivity index (χ3n) is 2.69. The fraction of sp³-hybridized carbons (Fsp3) is 0.364. The highest BCUT2D eigenvalue weighted by molar-refractivity contribution is 6.19. The lowest BCUT2D eigenvalue weighted by Crippen LogP contribution is -2.38. The molecular formula is C11H11ClFNO2. The largest absolute Gasteiger partial charge is 0.507 e. The number of rotatable bonds is 3. The normalized spacial score (nSPS) is 16.9. The fourth-order valence-electron chi connectivity index (χ4n) is 1.45. The van der Waals surface area contributed by atoms with E-state index in [-0.39, 0.29) is 16.9 Å². The molecule has 1 fully saturated rings. The van der Waals surface area contributed by atoms with Crippen molar-refractivity contribution in [2.75, 3.05) is 5.88 Å². The Morgan fingerprint density at radius 1 is 1.56 bits per heavy atom. The molecular weight excluding hydrogens is 233 g/mol. The Bertz CT molecular complexity index is 432. The molecule has 16 heavy (non-hydrogen) atoms. The van der Waals surface area contributed by atoms with E-state index in [2.05, 4.69) is 5.32 Å². The molecule has 0 unspecified atom stereocenters. The molecule has 1 aromatic carbocycles. The van der Waals surface area contributed by atoms with Gasteiger partial charge in [-0.05, 0) is 25.0 Å². The number of hydrogen-bond donors (Lipinski definition) is 2. The Morgan fingerprint density at radius 2 is 2.25 bits per heavy atom. The monoisotopic (exact) mass is 243 g/mol. The van der Waals surface area contributed by atoms with E-state index in [0.29, 0.717) is 5.88 Å². The molecule has 86 valence electrons. The molecule has 0 aromatic heterocycles. The van der Waals surface area contributed by atoms with Gasteiger partial charge >= 0.3 is 0 Å². The van der Waals surface area contributed by atoms with Crippen LogP contribution in [0.25, 0.3) is 0 Å². The third kappa shape index (κ3) is 2.11. The number of benzene rings is 1. The first-order valence-electron chi connectivity index (χ1n) is 4.93. The number of amides is 1. The maximum absolute atomic E-state index is 12.7. The van der Waals surface area contributed by atoms with E-state index in [1.54, 1.807) is 0 Å². The molecule has 1 saturated carbocycles. The SMILES string of the molecule is O=C(NC1(CCl)CC1)c1ccc(F)cc1O. The average molecular weight is 244 g/mol. The number of nitrogens with one attached hydrogen (secondary N) is 1.